The SMILES string of the molecule is CN1CCN(c2ccc(C(=O)N=C(N)c3ccc(C#Cc4cccc(O)c4)cc3N)c(NC3CCOCC3)c2)CC1. The minimum Gasteiger partial charge on any atom is -0.508 e. The molecule has 0 unspecified atom stereocenters. The molecule has 0 aromatic heterocycles. The Balaban J connectivity index is 1.37. The van der Waals surface area contributed by atoms with E-state index in [0.29, 0.717) is 41.2 Å². The second kappa shape index (κ2) is 12.8. The van der Waals surface area contributed by atoms with Gasteiger partial charge in [0.15, 0.2) is 0 Å². The number of piperazine rings is 1. The number of carbonyl (C=O) groups excluding carboxylic acids is 1. The standard InChI is InChI=1S/C32H36N6O3/c1-37-13-15-38(16-14-37)25-8-10-28(30(21-25)35-24-11-17-41-18-12-24)32(40)36-31(34)27-9-7-23(20-29(27)33)6-5-22-3-2-4-26(39)19-22/h2-4,7-10,19-21,24,35,39H,11-18,33H2,1H3,(H2,34,36,40). The van der Waals surface area contributed by atoms with Crippen LogP contribution in [0.5, 0.6) is 5.75 Å². The summed E-state index contributed by atoms with van der Waals surface area (Å²) in [5.74, 6) is 5.79. The quantitative estimate of drug-likeness (QED) is 0.164. The fourth-order valence-corrected chi connectivity index (χ4v) is 4.99. The normalized spacial score (nSPS) is 16.6. The number of rotatable bonds is 5. The van der Waals surface area contributed by atoms with E-state index in [1.165, 1.54) is 0 Å². The van der Waals surface area contributed by atoms with Crippen LogP contribution in [0.3, 0.4) is 0 Å². The van der Waals surface area contributed by atoms with Gasteiger partial charge in [-0.15, -0.1) is 0 Å². The molecule has 212 valence electrons. The van der Waals surface area contributed by atoms with Crippen LogP contribution in [0.4, 0.5) is 17.1 Å². The first-order valence-corrected chi connectivity index (χ1v) is 13.9. The largest absolute Gasteiger partial charge is 0.508 e. The molecular formula is C32H36N6O3. The number of anilines is 3. The highest BCUT2D eigenvalue weighted by atomic mass is 16.5. The first-order chi connectivity index (χ1) is 19.9. The fraction of sp³-hybridized carbons (Fsp3) is 0.312. The van der Waals surface area contributed by atoms with E-state index in [9.17, 15) is 9.90 Å². The number of amides is 1. The summed E-state index contributed by atoms with van der Waals surface area (Å²) in [5.41, 5.74) is 17.1. The van der Waals surface area contributed by atoms with Crippen LogP contribution < -0.4 is 21.7 Å². The van der Waals surface area contributed by atoms with E-state index in [-0.39, 0.29) is 17.6 Å². The van der Waals surface area contributed by atoms with Crippen LogP contribution in [-0.2, 0) is 4.74 Å². The lowest BCUT2D eigenvalue weighted by atomic mass is 10.1. The predicted octanol–water partition coefficient (Wildman–Crippen LogP) is 3.26. The first-order valence-electron chi connectivity index (χ1n) is 13.9. The van der Waals surface area contributed by atoms with Gasteiger partial charge in [-0.05, 0) is 74.5 Å². The van der Waals surface area contributed by atoms with Crippen molar-refractivity contribution in [2.75, 3.05) is 62.4 Å². The third kappa shape index (κ3) is 7.17. The highest BCUT2D eigenvalue weighted by Crippen LogP contribution is 2.28. The molecule has 6 N–H and O–H groups in total. The summed E-state index contributed by atoms with van der Waals surface area (Å²) in [6, 6.07) is 18.0. The molecule has 2 fully saturated rings. The van der Waals surface area contributed by atoms with Crippen molar-refractivity contribution in [1.82, 2.24) is 4.90 Å². The second-order valence-corrected chi connectivity index (χ2v) is 10.5. The Kier molecular flexibility index (Phi) is 8.73. The Labute approximate surface area is 240 Å². The zero-order valence-corrected chi connectivity index (χ0v) is 23.3. The molecule has 1 amide bonds. The van der Waals surface area contributed by atoms with Gasteiger partial charge in [-0.25, -0.2) is 0 Å². The number of hydrogen-bond acceptors (Lipinski definition) is 7. The highest BCUT2D eigenvalue weighted by molar-refractivity contribution is 6.12. The molecule has 0 radical (unpaired) electrons. The monoisotopic (exact) mass is 552 g/mol. The van der Waals surface area contributed by atoms with Gasteiger partial charge >= 0.3 is 0 Å². The Bertz CT molecular complexity index is 1490. The summed E-state index contributed by atoms with van der Waals surface area (Å²) < 4.78 is 5.52. The van der Waals surface area contributed by atoms with Crippen molar-refractivity contribution in [3.63, 3.8) is 0 Å². The average molecular weight is 553 g/mol. The molecule has 3 aromatic carbocycles. The maximum Gasteiger partial charge on any atom is 0.281 e. The molecule has 3 aromatic rings. The van der Waals surface area contributed by atoms with Gasteiger partial charge in [-0.1, -0.05) is 17.9 Å². The minimum atomic E-state index is -0.436. The topological polar surface area (TPSA) is 129 Å². The van der Waals surface area contributed by atoms with Gasteiger partial charge in [0.05, 0.1) is 5.56 Å². The van der Waals surface area contributed by atoms with Crippen molar-refractivity contribution in [3.8, 4) is 17.6 Å². The summed E-state index contributed by atoms with van der Waals surface area (Å²) in [7, 11) is 2.13. The van der Waals surface area contributed by atoms with Crippen molar-refractivity contribution in [3.05, 3.63) is 82.9 Å². The van der Waals surface area contributed by atoms with Gasteiger partial charge in [0.1, 0.15) is 11.6 Å². The smallest absolute Gasteiger partial charge is 0.281 e. The van der Waals surface area contributed by atoms with Gasteiger partial charge in [-0.2, -0.15) is 4.99 Å². The van der Waals surface area contributed by atoms with Crippen LogP contribution in [0.1, 0.15) is 39.9 Å². The third-order valence-corrected chi connectivity index (χ3v) is 7.43. The number of likely N-dealkylation sites (N-methyl/N-ethyl adjacent to an activating group) is 1. The zero-order chi connectivity index (χ0) is 28.8. The van der Waals surface area contributed by atoms with E-state index in [0.717, 1.165) is 50.4 Å². The predicted molar refractivity (Wildman–Crippen MR) is 164 cm³/mol. The van der Waals surface area contributed by atoms with Gasteiger partial charge in [0.2, 0.25) is 0 Å². The summed E-state index contributed by atoms with van der Waals surface area (Å²) in [5, 5.41) is 13.2. The number of nitrogens with zero attached hydrogens (tertiary/aromatic N) is 3. The van der Waals surface area contributed by atoms with E-state index in [1.807, 2.05) is 24.3 Å². The van der Waals surface area contributed by atoms with Crippen LogP contribution in [0.15, 0.2) is 65.7 Å². The summed E-state index contributed by atoms with van der Waals surface area (Å²) in [6.07, 6.45) is 1.74. The molecule has 2 aliphatic rings. The van der Waals surface area contributed by atoms with E-state index in [1.54, 1.807) is 36.4 Å². The molecule has 5 rings (SSSR count). The van der Waals surface area contributed by atoms with Crippen LogP contribution in [0, 0.1) is 11.8 Å². The number of benzene rings is 3. The molecule has 2 aliphatic heterocycles. The second-order valence-electron chi connectivity index (χ2n) is 10.5. The number of phenols is 1. The Morgan fingerprint density at radius 1 is 0.976 bits per heavy atom. The van der Waals surface area contributed by atoms with Crippen LogP contribution >= 0.6 is 0 Å². The van der Waals surface area contributed by atoms with Crippen LogP contribution in [0.2, 0.25) is 0 Å². The molecule has 2 heterocycles. The number of phenolic OH excluding ortho intramolecular Hbond substituents is 1. The Morgan fingerprint density at radius 2 is 1.68 bits per heavy atom. The molecule has 2 saturated heterocycles. The van der Waals surface area contributed by atoms with E-state index in [4.69, 9.17) is 16.2 Å². The molecule has 9 heteroatoms. The van der Waals surface area contributed by atoms with Crippen molar-refractivity contribution < 1.29 is 14.6 Å². The van der Waals surface area contributed by atoms with Gasteiger partial charge in [0, 0.05) is 79.2 Å². The van der Waals surface area contributed by atoms with E-state index in [2.05, 4.69) is 39.0 Å². The van der Waals surface area contributed by atoms with E-state index >= 15 is 0 Å². The molecule has 0 saturated carbocycles. The van der Waals surface area contributed by atoms with Crippen molar-refractivity contribution >= 4 is 28.8 Å². The average Bonchev–Trinajstić information content (AvgIpc) is 2.97. The van der Waals surface area contributed by atoms with Crippen molar-refractivity contribution in [2.45, 2.75) is 18.9 Å². The molecule has 0 atom stereocenters. The highest BCUT2D eigenvalue weighted by Gasteiger charge is 2.21. The number of amidine groups is 1. The number of nitrogen functional groups attached to an aromatic ring is 1. The summed E-state index contributed by atoms with van der Waals surface area (Å²) in [6.45, 7) is 5.23. The zero-order valence-electron chi connectivity index (χ0n) is 23.3. The lowest BCUT2D eigenvalue weighted by Gasteiger charge is -2.34. The maximum absolute atomic E-state index is 13.5. The fourth-order valence-electron chi connectivity index (χ4n) is 4.99. The molecular weight excluding hydrogens is 516 g/mol. The van der Waals surface area contributed by atoms with Gasteiger partial charge < -0.3 is 36.4 Å². The number of nitrogens with one attached hydrogen (secondary N) is 1. The number of ether oxygens (including phenoxy) is 1. The number of hydrogen-bond donors (Lipinski definition) is 4. The first kappa shape index (κ1) is 28.0. The number of aromatic hydroxyl groups is 1. The van der Waals surface area contributed by atoms with Crippen molar-refractivity contribution in [1.29, 1.82) is 0 Å². The number of nitrogens with two attached hydrogens (primary N) is 2. The van der Waals surface area contributed by atoms with Gasteiger partial charge in [0.25, 0.3) is 5.91 Å². The lowest BCUT2D eigenvalue weighted by Crippen LogP contribution is -2.44. The third-order valence-electron chi connectivity index (χ3n) is 7.43. The summed E-state index contributed by atoms with van der Waals surface area (Å²) in [4.78, 5) is 22.3. The molecule has 0 spiro atoms. The number of carbonyl (C=O) groups is 1. The number of aliphatic imine (C=N–C) groups is 1. The van der Waals surface area contributed by atoms with Gasteiger partial charge in [-0.3, -0.25) is 4.79 Å². The Hall–Kier alpha value is -4.52. The van der Waals surface area contributed by atoms with Crippen LogP contribution in [0.25, 0.3) is 0 Å². The van der Waals surface area contributed by atoms with E-state index < -0.39 is 5.91 Å². The minimum absolute atomic E-state index is 0.0418. The molecule has 0 bridgehead atoms. The summed E-state index contributed by atoms with van der Waals surface area (Å²) >= 11 is 0. The lowest BCUT2D eigenvalue weighted by molar-refractivity contribution is 0.0904. The molecule has 0 aliphatic carbocycles. The maximum atomic E-state index is 13.5. The molecule has 41 heavy (non-hydrogen) atoms. The van der Waals surface area contributed by atoms with Crippen LogP contribution in [-0.4, -0.2) is 74.2 Å². The molecule has 9 nitrogen and oxygen atoms in total. The Morgan fingerprint density at radius 3 is 2.39 bits per heavy atom. The van der Waals surface area contributed by atoms with Crippen molar-refractivity contribution in [2.24, 2.45) is 10.7 Å².